The number of hydrogen-bond acceptors (Lipinski definition) is 2. The van der Waals surface area contributed by atoms with Crippen LogP contribution >= 0.6 is 0 Å². The van der Waals surface area contributed by atoms with E-state index in [0.29, 0.717) is 6.04 Å². The molecule has 0 saturated heterocycles. The first-order chi connectivity index (χ1) is 7.65. The highest BCUT2D eigenvalue weighted by molar-refractivity contribution is 4.91. The molecular formula is C13H23N3. The smallest absolute Gasteiger partial charge is 0.122 e. The molecule has 3 nitrogen and oxygen atoms in total. The minimum absolute atomic E-state index is 0.676. The Balaban J connectivity index is 1.84. The quantitative estimate of drug-likeness (QED) is 0.849. The molecule has 1 aliphatic carbocycles. The number of rotatable bonds is 3. The largest absolute Gasteiger partial charge is 0.337 e. The van der Waals surface area contributed by atoms with E-state index in [0.717, 1.165) is 24.2 Å². The highest BCUT2D eigenvalue weighted by atomic mass is 15.1. The second kappa shape index (κ2) is 5.00. The van der Waals surface area contributed by atoms with Crippen molar-refractivity contribution in [2.75, 3.05) is 0 Å². The van der Waals surface area contributed by atoms with Crippen molar-refractivity contribution in [2.24, 2.45) is 18.9 Å². The van der Waals surface area contributed by atoms with Crippen molar-refractivity contribution in [1.82, 2.24) is 14.9 Å². The Labute approximate surface area is 98.3 Å². The minimum Gasteiger partial charge on any atom is -0.337 e. The van der Waals surface area contributed by atoms with Crippen LogP contribution in [0.2, 0.25) is 0 Å². The van der Waals surface area contributed by atoms with Crippen LogP contribution in [0.3, 0.4) is 0 Å². The van der Waals surface area contributed by atoms with Gasteiger partial charge in [-0.1, -0.05) is 13.8 Å². The summed E-state index contributed by atoms with van der Waals surface area (Å²) < 4.78 is 2.09. The molecular weight excluding hydrogens is 198 g/mol. The zero-order chi connectivity index (χ0) is 11.5. The van der Waals surface area contributed by atoms with E-state index in [4.69, 9.17) is 0 Å². The molecule has 2 unspecified atom stereocenters. The van der Waals surface area contributed by atoms with Gasteiger partial charge < -0.3 is 9.88 Å². The minimum atomic E-state index is 0.676. The van der Waals surface area contributed by atoms with Gasteiger partial charge in [0, 0.05) is 25.5 Å². The van der Waals surface area contributed by atoms with Gasteiger partial charge >= 0.3 is 0 Å². The molecule has 1 heterocycles. The maximum absolute atomic E-state index is 4.34. The van der Waals surface area contributed by atoms with E-state index < -0.39 is 0 Å². The van der Waals surface area contributed by atoms with Crippen molar-refractivity contribution in [3.8, 4) is 0 Å². The van der Waals surface area contributed by atoms with E-state index in [-0.39, 0.29) is 0 Å². The molecule has 1 aromatic heterocycles. The van der Waals surface area contributed by atoms with Crippen molar-refractivity contribution >= 4 is 0 Å². The summed E-state index contributed by atoms with van der Waals surface area (Å²) in [5, 5.41) is 3.64. The summed E-state index contributed by atoms with van der Waals surface area (Å²) in [6.45, 7) is 5.63. The number of nitrogens with one attached hydrogen (secondary N) is 1. The molecule has 1 saturated carbocycles. The van der Waals surface area contributed by atoms with E-state index in [1.54, 1.807) is 0 Å². The molecule has 16 heavy (non-hydrogen) atoms. The van der Waals surface area contributed by atoms with Crippen LogP contribution in [-0.2, 0) is 13.6 Å². The first-order valence-corrected chi connectivity index (χ1v) is 6.34. The predicted octanol–water partition coefficient (Wildman–Crippen LogP) is 2.33. The van der Waals surface area contributed by atoms with Crippen LogP contribution in [0.15, 0.2) is 12.4 Å². The van der Waals surface area contributed by atoms with Crippen molar-refractivity contribution in [3.63, 3.8) is 0 Å². The number of aromatic nitrogens is 2. The summed E-state index contributed by atoms with van der Waals surface area (Å²) in [5.74, 6) is 2.86. The molecule has 90 valence electrons. The molecule has 1 fully saturated rings. The predicted molar refractivity (Wildman–Crippen MR) is 66.0 cm³/mol. The maximum Gasteiger partial charge on any atom is 0.122 e. The van der Waals surface area contributed by atoms with Crippen LogP contribution in [0.4, 0.5) is 0 Å². The molecule has 2 rings (SSSR count). The average Bonchev–Trinajstić information content (AvgIpc) is 2.59. The highest BCUT2D eigenvalue weighted by Crippen LogP contribution is 2.28. The summed E-state index contributed by atoms with van der Waals surface area (Å²) in [4.78, 5) is 4.34. The fourth-order valence-corrected chi connectivity index (χ4v) is 2.92. The highest BCUT2D eigenvalue weighted by Gasteiger charge is 2.23. The Kier molecular flexibility index (Phi) is 3.64. The molecule has 0 aliphatic heterocycles. The van der Waals surface area contributed by atoms with Crippen LogP contribution in [0.1, 0.15) is 38.9 Å². The fourth-order valence-electron chi connectivity index (χ4n) is 2.92. The van der Waals surface area contributed by atoms with Crippen LogP contribution in [0.5, 0.6) is 0 Å². The van der Waals surface area contributed by atoms with E-state index in [1.807, 2.05) is 12.4 Å². The first kappa shape index (κ1) is 11.6. The van der Waals surface area contributed by atoms with E-state index in [1.165, 1.54) is 19.3 Å². The number of aryl methyl sites for hydroxylation is 1. The molecule has 0 spiro atoms. The van der Waals surface area contributed by atoms with E-state index >= 15 is 0 Å². The van der Waals surface area contributed by atoms with Crippen molar-refractivity contribution in [1.29, 1.82) is 0 Å². The third-order valence-corrected chi connectivity index (χ3v) is 3.65. The molecule has 1 aromatic rings. The van der Waals surface area contributed by atoms with Gasteiger partial charge in [0.2, 0.25) is 0 Å². The molecule has 3 heteroatoms. The van der Waals surface area contributed by atoms with Crippen LogP contribution < -0.4 is 5.32 Å². The van der Waals surface area contributed by atoms with Gasteiger partial charge in [0.05, 0.1) is 6.54 Å². The number of hydrogen-bond donors (Lipinski definition) is 1. The second-order valence-corrected chi connectivity index (χ2v) is 5.45. The van der Waals surface area contributed by atoms with Gasteiger partial charge in [0.1, 0.15) is 5.82 Å². The average molecular weight is 221 g/mol. The Morgan fingerprint density at radius 1 is 1.31 bits per heavy atom. The van der Waals surface area contributed by atoms with Gasteiger partial charge in [-0.05, 0) is 31.1 Å². The standard InChI is InChI=1S/C13H23N3/c1-10-6-11(2)8-12(7-10)15-9-13-14-4-5-16(13)3/h4-5,10-12,15H,6-9H2,1-3H3. The lowest BCUT2D eigenvalue weighted by Gasteiger charge is -2.32. The molecule has 1 aliphatic rings. The Morgan fingerprint density at radius 2 is 2.00 bits per heavy atom. The number of imidazole rings is 1. The zero-order valence-corrected chi connectivity index (χ0v) is 10.6. The summed E-state index contributed by atoms with van der Waals surface area (Å²) in [5.41, 5.74) is 0. The van der Waals surface area contributed by atoms with E-state index in [2.05, 4.69) is 35.8 Å². The molecule has 0 radical (unpaired) electrons. The summed E-state index contributed by atoms with van der Waals surface area (Å²) in [6, 6.07) is 0.676. The molecule has 2 atom stereocenters. The van der Waals surface area contributed by atoms with E-state index in [9.17, 15) is 0 Å². The SMILES string of the molecule is CC1CC(C)CC(NCc2nccn2C)C1. The molecule has 0 amide bonds. The van der Waals surface area contributed by atoms with Gasteiger partial charge in [0.25, 0.3) is 0 Å². The van der Waals surface area contributed by atoms with Crippen molar-refractivity contribution < 1.29 is 0 Å². The van der Waals surface area contributed by atoms with Gasteiger partial charge in [-0.3, -0.25) is 0 Å². The van der Waals surface area contributed by atoms with Crippen molar-refractivity contribution in [2.45, 2.75) is 45.7 Å². The van der Waals surface area contributed by atoms with Gasteiger partial charge in [-0.2, -0.15) is 0 Å². The lowest BCUT2D eigenvalue weighted by atomic mass is 9.80. The summed E-state index contributed by atoms with van der Waals surface area (Å²) in [7, 11) is 2.05. The second-order valence-electron chi connectivity index (χ2n) is 5.45. The molecule has 0 aromatic carbocycles. The van der Waals surface area contributed by atoms with Crippen LogP contribution in [-0.4, -0.2) is 15.6 Å². The van der Waals surface area contributed by atoms with Crippen LogP contribution in [0.25, 0.3) is 0 Å². The van der Waals surface area contributed by atoms with Gasteiger partial charge in [0.15, 0.2) is 0 Å². The lowest BCUT2D eigenvalue weighted by Crippen LogP contribution is -2.36. The third kappa shape index (κ3) is 2.85. The topological polar surface area (TPSA) is 29.9 Å². The Hall–Kier alpha value is -0.830. The van der Waals surface area contributed by atoms with Gasteiger partial charge in [-0.25, -0.2) is 4.98 Å². The third-order valence-electron chi connectivity index (χ3n) is 3.65. The maximum atomic E-state index is 4.34. The number of nitrogens with zero attached hydrogens (tertiary/aromatic N) is 2. The molecule has 0 bridgehead atoms. The zero-order valence-electron chi connectivity index (χ0n) is 10.6. The Bertz CT molecular complexity index is 322. The van der Waals surface area contributed by atoms with Gasteiger partial charge in [-0.15, -0.1) is 0 Å². The fraction of sp³-hybridized carbons (Fsp3) is 0.769. The lowest BCUT2D eigenvalue weighted by molar-refractivity contribution is 0.237. The van der Waals surface area contributed by atoms with Crippen LogP contribution in [0, 0.1) is 11.8 Å². The normalized spacial score (nSPS) is 30.6. The Morgan fingerprint density at radius 3 is 2.56 bits per heavy atom. The monoisotopic (exact) mass is 221 g/mol. The molecule has 1 N–H and O–H groups in total. The first-order valence-electron chi connectivity index (χ1n) is 6.34. The summed E-state index contributed by atoms with van der Waals surface area (Å²) >= 11 is 0. The van der Waals surface area contributed by atoms with Crippen molar-refractivity contribution in [3.05, 3.63) is 18.2 Å². The summed E-state index contributed by atoms with van der Waals surface area (Å²) in [6.07, 6.45) is 7.89.